The Bertz CT molecular complexity index is 1050. The molecule has 0 N–H and O–H groups in total. The third kappa shape index (κ3) is 4.39. The van der Waals surface area contributed by atoms with Gasteiger partial charge in [0.25, 0.3) is 5.91 Å². The first kappa shape index (κ1) is 20.6. The molecule has 30 heavy (non-hydrogen) atoms. The van der Waals surface area contributed by atoms with Gasteiger partial charge in [-0.15, -0.1) is 0 Å². The van der Waals surface area contributed by atoms with Gasteiger partial charge in [0.1, 0.15) is 18.2 Å². The molecule has 0 bridgehead atoms. The van der Waals surface area contributed by atoms with E-state index in [4.69, 9.17) is 11.6 Å². The molecule has 158 valence electrons. The lowest BCUT2D eigenvalue weighted by Crippen LogP contribution is -2.48. The predicted molar refractivity (Wildman–Crippen MR) is 112 cm³/mol. The molecule has 0 atom stereocenters. The molecule has 1 saturated heterocycles. The maximum absolute atomic E-state index is 13.4. The van der Waals surface area contributed by atoms with Gasteiger partial charge in [-0.05, 0) is 37.6 Å². The van der Waals surface area contributed by atoms with E-state index in [1.54, 1.807) is 33.8 Å². The summed E-state index contributed by atoms with van der Waals surface area (Å²) >= 11 is 6.20. The van der Waals surface area contributed by atoms with E-state index >= 15 is 0 Å². The van der Waals surface area contributed by atoms with Crippen LogP contribution < -0.4 is 0 Å². The Hall–Kier alpha value is -2.71. The normalized spacial score (nSPS) is 15.0. The van der Waals surface area contributed by atoms with Crippen molar-refractivity contribution >= 4 is 17.5 Å². The lowest BCUT2D eigenvalue weighted by atomic mass is 10.2. The molecule has 0 radical (unpaired) electrons. The molecule has 0 aliphatic carbocycles. The fourth-order valence-electron chi connectivity index (χ4n) is 3.67. The Morgan fingerprint density at radius 3 is 2.57 bits per heavy atom. The maximum atomic E-state index is 13.4. The number of amides is 1. The average molecular weight is 431 g/mol. The van der Waals surface area contributed by atoms with Gasteiger partial charge in [-0.2, -0.15) is 10.2 Å². The van der Waals surface area contributed by atoms with Gasteiger partial charge in [0, 0.05) is 38.9 Å². The number of benzene rings is 1. The summed E-state index contributed by atoms with van der Waals surface area (Å²) in [5.74, 6) is -0.301. The zero-order chi connectivity index (χ0) is 21.3. The number of carbonyl (C=O) groups excluding carboxylic acids is 1. The van der Waals surface area contributed by atoms with Gasteiger partial charge < -0.3 is 4.90 Å². The first-order valence-corrected chi connectivity index (χ1v) is 10.3. The SMILES string of the molecule is Cc1nn(Cn2ccc(C(=O)N3CCN(Cc4cccc(F)c4)CC3)n2)c(C)c1Cl. The summed E-state index contributed by atoms with van der Waals surface area (Å²) < 4.78 is 16.8. The van der Waals surface area contributed by atoms with Crippen LogP contribution in [0.25, 0.3) is 0 Å². The number of nitrogens with zero attached hydrogens (tertiary/aromatic N) is 6. The molecule has 1 aliphatic heterocycles. The smallest absolute Gasteiger partial charge is 0.274 e. The summed E-state index contributed by atoms with van der Waals surface area (Å²) in [4.78, 5) is 16.9. The molecule has 0 unspecified atom stereocenters. The van der Waals surface area contributed by atoms with Crippen LogP contribution in [0.3, 0.4) is 0 Å². The van der Waals surface area contributed by atoms with E-state index in [0.29, 0.717) is 37.0 Å². The Kier molecular flexibility index (Phi) is 5.87. The van der Waals surface area contributed by atoms with E-state index in [-0.39, 0.29) is 11.7 Å². The van der Waals surface area contributed by atoms with Crippen LogP contribution >= 0.6 is 11.6 Å². The van der Waals surface area contributed by atoms with Crippen molar-refractivity contribution in [3.05, 3.63) is 70.0 Å². The summed E-state index contributed by atoms with van der Waals surface area (Å²) in [6, 6.07) is 8.38. The van der Waals surface area contributed by atoms with E-state index in [9.17, 15) is 9.18 Å². The minimum absolute atomic E-state index is 0.0782. The summed E-state index contributed by atoms with van der Waals surface area (Å²) in [6.07, 6.45) is 1.78. The van der Waals surface area contributed by atoms with Crippen molar-refractivity contribution in [1.82, 2.24) is 29.4 Å². The van der Waals surface area contributed by atoms with Crippen LogP contribution in [0.5, 0.6) is 0 Å². The molecule has 0 spiro atoms. The van der Waals surface area contributed by atoms with Crippen molar-refractivity contribution in [2.45, 2.75) is 27.1 Å². The lowest BCUT2D eigenvalue weighted by Gasteiger charge is -2.34. The number of piperazine rings is 1. The largest absolute Gasteiger partial charge is 0.335 e. The summed E-state index contributed by atoms with van der Waals surface area (Å²) in [6.45, 7) is 7.56. The van der Waals surface area contributed by atoms with Crippen molar-refractivity contribution in [2.75, 3.05) is 26.2 Å². The van der Waals surface area contributed by atoms with E-state index < -0.39 is 0 Å². The standard InChI is InChI=1S/C21H24ClFN6O/c1-15-20(22)16(2)29(24-15)14-28-7-6-19(25-28)21(30)27-10-8-26(9-11-27)13-17-4-3-5-18(23)12-17/h3-7,12H,8-11,13-14H2,1-2H3. The summed E-state index contributed by atoms with van der Waals surface area (Å²) in [5, 5.41) is 9.47. The van der Waals surface area contributed by atoms with E-state index in [1.165, 1.54) is 6.07 Å². The monoisotopic (exact) mass is 430 g/mol. The number of halogens is 2. The number of hydrogen-bond acceptors (Lipinski definition) is 4. The lowest BCUT2D eigenvalue weighted by molar-refractivity contribution is 0.0621. The first-order valence-electron chi connectivity index (χ1n) is 9.90. The second-order valence-electron chi connectivity index (χ2n) is 7.56. The third-order valence-corrected chi connectivity index (χ3v) is 5.93. The van der Waals surface area contributed by atoms with Crippen molar-refractivity contribution < 1.29 is 9.18 Å². The van der Waals surface area contributed by atoms with Crippen LogP contribution in [0.2, 0.25) is 5.02 Å². The molecule has 3 heterocycles. The summed E-state index contributed by atoms with van der Waals surface area (Å²) in [5.41, 5.74) is 3.00. The number of carbonyl (C=O) groups is 1. The van der Waals surface area contributed by atoms with Gasteiger partial charge >= 0.3 is 0 Å². The third-order valence-electron chi connectivity index (χ3n) is 5.39. The van der Waals surface area contributed by atoms with Crippen molar-refractivity contribution in [1.29, 1.82) is 0 Å². The zero-order valence-electron chi connectivity index (χ0n) is 17.1. The number of aromatic nitrogens is 4. The molecule has 4 rings (SSSR count). The van der Waals surface area contributed by atoms with Crippen LogP contribution in [-0.4, -0.2) is 61.4 Å². The Morgan fingerprint density at radius 1 is 1.13 bits per heavy atom. The average Bonchev–Trinajstić information content (AvgIpc) is 3.29. The minimum atomic E-state index is -0.223. The van der Waals surface area contributed by atoms with Crippen molar-refractivity contribution in [2.24, 2.45) is 0 Å². The van der Waals surface area contributed by atoms with E-state index in [2.05, 4.69) is 15.1 Å². The van der Waals surface area contributed by atoms with Gasteiger partial charge in [-0.3, -0.25) is 14.4 Å². The van der Waals surface area contributed by atoms with Crippen LogP contribution in [0, 0.1) is 19.7 Å². The molecule has 9 heteroatoms. The van der Waals surface area contributed by atoms with Gasteiger partial charge in [-0.25, -0.2) is 9.07 Å². The quantitative estimate of drug-likeness (QED) is 0.624. The van der Waals surface area contributed by atoms with E-state index in [0.717, 1.165) is 30.0 Å². The molecular weight excluding hydrogens is 407 g/mol. The first-order chi connectivity index (χ1) is 14.4. The molecule has 3 aromatic rings. The number of rotatable bonds is 5. The van der Waals surface area contributed by atoms with Crippen molar-refractivity contribution in [3.8, 4) is 0 Å². The second-order valence-corrected chi connectivity index (χ2v) is 7.94. The number of aryl methyl sites for hydroxylation is 1. The van der Waals surface area contributed by atoms with Crippen LogP contribution in [0.15, 0.2) is 36.5 Å². The maximum Gasteiger partial charge on any atom is 0.274 e. The molecular formula is C21H24ClFN6O. The zero-order valence-corrected chi connectivity index (χ0v) is 17.8. The fourth-order valence-corrected chi connectivity index (χ4v) is 3.80. The van der Waals surface area contributed by atoms with Gasteiger partial charge in [0.05, 0.1) is 16.4 Å². The Balaban J connectivity index is 1.34. The highest BCUT2D eigenvalue weighted by Crippen LogP contribution is 2.19. The minimum Gasteiger partial charge on any atom is -0.335 e. The van der Waals surface area contributed by atoms with Gasteiger partial charge in [0.2, 0.25) is 0 Å². The predicted octanol–water partition coefficient (Wildman–Crippen LogP) is 2.95. The van der Waals surface area contributed by atoms with Crippen LogP contribution in [0.4, 0.5) is 4.39 Å². The topological polar surface area (TPSA) is 59.2 Å². The fraction of sp³-hybridized carbons (Fsp3) is 0.381. The molecule has 0 saturated carbocycles. The molecule has 1 aliphatic rings. The molecule has 2 aromatic heterocycles. The highest BCUT2D eigenvalue weighted by atomic mass is 35.5. The highest BCUT2D eigenvalue weighted by Gasteiger charge is 2.24. The molecule has 1 aromatic carbocycles. The number of hydrogen-bond donors (Lipinski definition) is 0. The summed E-state index contributed by atoms with van der Waals surface area (Å²) in [7, 11) is 0. The highest BCUT2D eigenvalue weighted by molar-refractivity contribution is 6.31. The van der Waals surface area contributed by atoms with Crippen LogP contribution in [0.1, 0.15) is 27.4 Å². The van der Waals surface area contributed by atoms with Gasteiger partial charge in [0.15, 0.2) is 0 Å². The second kappa shape index (κ2) is 8.57. The Labute approximate surface area is 179 Å². The Morgan fingerprint density at radius 2 is 1.90 bits per heavy atom. The van der Waals surface area contributed by atoms with E-state index in [1.807, 2.05) is 24.8 Å². The molecule has 1 fully saturated rings. The van der Waals surface area contributed by atoms with Gasteiger partial charge in [-0.1, -0.05) is 23.7 Å². The van der Waals surface area contributed by atoms with Crippen LogP contribution in [-0.2, 0) is 13.2 Å². The van der Waals surface area contributed by atoms with Crippen molar-refractivity contribution in [3.63, 3.8) is 0 Å². The molecule has 7 nitrogen and oxygen atoms in total. The molecule has 1 amide bonds.